The van der Waals surface area contributed by atoms with Crippen molar-refractivity contribution < 1.29 is 168 Å². The van der Waals surface area contributed by atoms with Crippen molar-refractivity contribution in [2.75, 3.05) is 49.2 Å². The van der Waals surface area contributed by atoms with Gasteiger partial charge in [0.2, 0.25) is 99.5 Å². The number of ether oxygens (including phenoxy) is 2. The predicted octanol–water partition coefficient (Wildman–Crippen LogP) is 7.62. The molecule has 0 spiro atoms. The highest BCUT2D eigenvalue weighted by molar-refractivity contribution is 8.02. The molecule has 6 saturated heterocycles. The first-order valence-corrected chi connectivity index (χ1v) is 46.1. The number of ketones is 4. The molecule has 128 heavy (non-hydrogen) atoms. The first-order chi connectivity index (χ1) is 59.7. The minimum Gasteiger partial charge on any atom is -0.747 e. The van der Waals surface area contributed by atoms with E-state index in [1.807, 2.05) is 0 Å². The average Bonchev–Trinajstić information content (AvgIpc) is 1.49. The maximum absolute atomic E-state index is 13.6. The SMILES string of the molecule is CC(=O)C1CCC(CN2C(=O)CC(SCC(=O)ON3C(=O)CC(S(=O)(=O)[O-])C3=O)C2=O)CC1.CC(=O)C1CCC(CN2C(=O)CC(SCC(=O)ON3C(=O)CCC3=O)C2=O)CC1.CC(=O)C1CCC(CN2C(=O)CC(SCC(=O)Oc3c(F)c(F)c(F)c(F)c3F)C2=O)CC1.CC(=O)C1CCC(CN2C(=O)CC(SCC(=O)Oc3c(F)c(F)cc(F)c3F)C2=O)CC1.[CH3+]. The van der Waals surface area contributed by atoms with Gasteiger partial charge in [0.15, 0.2) is 11.6 Å². The lowest BCUT2D eigenvalue weighted by molar-refractivity contribution is -0.195. The number of likely N-dealkylation sites (tertiary alicyclic amines) is 4. The smallest absolute Gasteiger partial charge is 0.343 e. The molecule has 0 aromatic heterocycles. The van der Waals surface area contributed by atoms with E-state index >= 15 is 0 Å². The molecule has 0 N–H and O–H groups in total. The van der Waals surface area contributed by atoms with Gasteiger partial charge in [-0.05, 0) is 154 Å². The molecule has 0 bridgehead atoms. The summed E-state index contributed by atoms with van der Waals surface area (Å²) in [7, 11) is -5.08. The summed E-state index contributed by atoms with van der Waals surface area (Å²) in [5.74, 6) is -34.0. The molecule has 2 aromatic rings. The highest BCUT2D eigenvalue weighted by Crippen LogP contribution is 2.40. The number of Topliss-reactive ketones (excluding diaryl/α,β-unsaturated/α-hetero) is 4. The van der Waals surface area contributed by atoms with Gasteiger partial charge >= 0.3 is 23.9 Å². The van der Waals surface area contributed by atoms with Crippen LogP contribution in [0.2, 0.25) is 0 Å². The molecule has 47 heteroatoms. The van der Waals surface area contributed by atoms with Crippen molar-refractivity contribution >= 4 is 175 Å². The molecule has 4 aliphatic carbocycles. The fraction of sp³-hybridized carbons (Fsp3) is 0.593. The number of amides is 12. The number of carbonyl (C=O) groups is 20. The zero-order valence-corrected chi connectivity index (χ0v) is 73.7. The van der Waals surface area contributed by atoms with Crippen LogP contribution >= 0.6 is 47.0 Å². The number of imide groups is 6. The summed E-state index contributed by atoms with van der Waals surface area (Å²) in [5.41, 5.74) is 0. The highest BCUT2D eigenvalue weighted by Gasteiger charge is 2.49. The number of halogens is 9. The van der Waals surface area contributed by atoms with Gasteiger partial charge in [0.1, 0.15) is 38.5 Å². The molecule has 2 aromatic carbocycles. The van der Waals surface area contributed by atoms with Crippen LogP contribution < -0.4 is 9.47 Å². The monoisotopic (exact) mass is 1910 g/mol. The molecule has 12 amide bonds. The lowest BCUT2D eigenvalue weighted by atomic mass is 9.80. The second kappa shape index (κ2) is 45.8. The molecule has 33 nitrogen and oxygen atoms in total. The number of hydrogen-bond donors (Lipinski definition) is 0. The van der Waals surface area contributed by atoms with Crippen LogP contribution in [0.1, 0.15) is 175 Å². The van der Waals surface area contributed by atoms with Gasteiger partial charge in [-0.2, -0.15) is 17.6 Å². The fourth-order valence-corrected chi connectivity index (χ4v) is 20.4. The summed E-state index contributed by atoms with van der Waals surface area (Å²) < 4.78 is 162. The van der Waals surface area contributed by atoms with E-state index in [9.17, 15) is 148 Å². The number of rotatable bonds is 29. The zero-order chi connectivity index (χ0) is 93.7. The van der Waals surface area contributed by atoms with Gasteiger partial charge in [-0.15, -0.1) is 57.2 Å². The second-order valence-electron chi connectivity index (χ2n) is 32.1. The Labute approximate surface area is 743 Å². The van der Waals surface area contributed by atoms with Crippen LogP contribution in [-0.4, -0.2) is 236 Å². The second-order valence-corrected chi connectivity index (χ2v) is 38.4. The molecule has 12 rings (SSSR count). The summed E-state index contributed by atoms with van der Waals surface area (Å²) in [6.45, 7) is 7.30. The Balaban J connectivity index is 0.000000211. The van der Waals surface area contributed by atoms with Crippen molar-refractivity contribution in [1.29, 1.82) is 0 Å². The molecular formula is C81H91F9N6O27S5. The number of carbonyl (C=O) groups excluding carboxylic acids is 20. The van der Waals surface area contributed by atoms with Crippen molar-refractivity contribution in [3.63, 3.8) is 0 Å². The Morgan fingerprint density at radius 1 is 0.344 bits per heavy atom. The number of hydrogen-bond acceptors (Lipinski definition) is 31. The molecule has 10 aliphatic rings. The van der Waals surface area contributed by atoms with Crippen molar-refractivity contribution in [2.24, 2.45) is 47.3 Å². The molecule has 10 fully saturated rings. The Morgan fingerprint density at radius 3 is 0.852 bits per heavy atom. The van der Waals surface area contributed by atoms with E-state index in [0.717, 1.165) is 109 Å². The van der Waals surface area contributed by atoms with Crippen LogP contribution in [0.5, 0.6) is 11.5 Å². The Kier molecular flexibility index (Phi) is 37.1. The molecule has 6 aliphatic heterocycles. The summed E-state index contributed by atoms with van der Waals surface area (Å²) in [5, 5.41) is -5.04. The Hall–Kier alpha value is -9.61. The molecule has 5 atom stereocenters. The third-order valence-electron chi connectivity index (χ3n) is 23.3. The molecule has 700 valence electrons. The van der Waals surface area contributed by atoms with Crippen LogP contribution in [0.3, 0.4) is 0 Å². The van der Waals surface area contributed by atoms with Crippen molar-refractivity contribution in [2.45, 2.75) is 202 Å². The third kappa shape index (κ3) is 26.6. The van der Waals surface area contributed by atoms with E-state index in [2.05, 4.69) is 14.3 Å². The fourth-order valence-electron chi connectivity index (χ4n) is 16.0. The van der Waals surface area contributed by atoms with Crippen LogP contribution in [0.4, 0.5) is 39.5 Å². The predicted molar refractivity (Wildman–Crippen MR) is 428 cm³/mol. The topological polar surface area (TPSA) is 455 Å². The standard InChI is InChI=1S/C21H20F5NO5S.C21H21F4NO5S.C19H24N2O10S2.C19H24N2O7S.CH3/c1-9(28)11-4-2-10(3-5-11)7-27-13(29)6-12(21(27)31)33-8-14(30)32-20-18(25)16(23)15(22)17(24)19(20)26;1-10(27)12-4-2-11(3-5-12)8-26-16(28)7-15(21(26)30)32-9-17(29)31-20-18(24)13(22)6-14(23)19(20)25;1-10(22)12-4-2-11(3-5-12)8-20-15(23)6-13(18(20)26)32-9-17(25)31-21-16(24)7-14(19(21)27)33(28,29)30;1-11(22)13-4-2-12(3-5-13)9-20-17(25)8-14(19(20)27)29-10-18(26)28-21-15(23)6-7-16(21)24;/h10-12H,2-8H2,1H3;6,11-12,15H,2-5,7-9H2,1H3;11-14H,2-9H2,1H3,(H,28,29,30);12-14H,2-10H2,1H3;1H3/q;;;;+1/p-1. The van der Waals surface area contributed by atoms with E-state index in [-0.39, 0.29) is 177 Å². The van der Waals surface area contributed by atoms with Gasteiger partial charge in [0.25, 0.3) is 23.6 Å². The highest BCUT2D eigenvalue weighted by atomic mass is 32.2. The molecule has 6 heterocycles. The maximum Gasteiger partial charge on any atom is 0.343 e. The number of benzene rings is 2. The summed E-state index contributed by atoms with van der Waals surface area (Å²) in [6, 6.07) is -0.0132. The van der Waals surface area contributed by atoms with Gasteiger partial charge in [-0.3, -0.25) is 106 Å². The lowest BCUT2D eigenvalue weighted by Crippen LogP contribution is -2.38. The first kappa shape index (κ1) is 104. The third-order valence-corrected chi connectivity index (χ3v) is 29.1. The van der Waals surface area contributed by atoms with Crippen molar-refractivity contribution in [3.05, 3.63) is 65.8 Å². The largest absolute Gasteiger partial charge is 0.747 e. The summed E-state index contributed by atoms with van der Waals surface area (Å²) in [6.07, 6.45) is 10.5. The van der Waals surface area contributed by atoms with E-state index in [1.54, 1.807) is 20.8 Å². The van der Waals surface area contributed by atoms with Gasteiger partial charge in [-0.1, -0.05) is 0 Å². The molecule has 4 saturated carbocycles. The Bertz CT molecular complexity index is 4790. The normalized spacial score (nSPS) is 25.5. The van der Waals surface area contributed by atoms with Crippen molar-refractivity contribution in [1.82, 2.24) is 29.7 Å². The van der Waals surface area contributed by atoms with Crippen LogP contribution in [-0.2, 0) is 116 Å². The number of thioether (sulfide) groups is 4. The van der Waals surface area contributed by atoms with Crippen LogP contribution in [0.25, 0.3) is 0 Å². The van der Waals surface area contributed by atoms with Gasteiger partial charge in [0, 0.05) is 102 Å². The summed E-state index contributed by atoms with van der Waals surface area (Å²) in [4.78, 5) is 254. The van der Waals surface area contributed by atoms with E-state index in [4.69, 9.17) is 4.84 Å². The van der Waals surface area contributed by atoms with Crippen molar-refractivity contribution in [3.8, 4) is 11.5 Å². The maximum atomic E-state index is 13.6. The molecular weight excluding hydrogens is 1820 g/mol. The van der Waals surface area contributed by atoms with Gasteiger partial charge < -0.3 is 23.7 Å². The first-order valence-electron chi connectivity index (χ1n) is 40.4. The number of nitrogens with zero attached hydrogens (tertiary/aromatic N) is 6. The number of esters is 2. The minimum absolute atomic E-state index is 0. The lowest BCUT2D eigenvalue weighted by Gasteiger charge is -2.29. The molecule has 0 radical (unpaired) electrons. The van der Waals surface area contributed by atoms with Crippen LogP contribution in [0, 0.1) is 107 Å². The molecule has 5 unspecified atom stereocenters. The minimum atomic E-state index is -5.08. The van der Waals surface area contributed by atoms with Gasteiger partial charge in [0.05, 0.1) is 50.4 Å². The van der Waals surface area contributed by atoms with Gasteiger partial charge in [-0.25, -0.2) is 40.0 Å². The Morgan fingerprint density at radius 2 is 0.594 bits per heavy atom. The number of hydroxylamine groups is 4. The van der Waals surface area contributed by atoms with E-state index in [1.165, 1.54) is 16.7 Å². The van der Waals surface area contributed by atoms with E-state index in [0.29, 0.717) is 61.9 Å². The summed E-state index contributed by atoms with van der Waals surface area (Å²) >= 11 is 3.21. The van der Waals surface area contributed by atoms with E-state index < -0.39 is 195 Å². The zero-order valence-electron chi connectivity index (χ0n) is 69.7. The van der Waals surface area contributed by atoms with Crippen LogP contribution in [0.15, 0.2) is 6.07 Å². The average molecular weight is 1910 g/mol. The quantitative estimate of drug-likeness (QED) is 0.0110.